The van der Waals surface area contributed by atoms with Crippen LogP contribution in [0.25, 0.3) is 0 Å². The van der Waals surface area contributed by atoms with E-state index in [1.807, 2.05) is 12.1 Å². The quantitative estimate of drug-likeness (QED) is 0.738. The highest BCUT2D eigenvalue weighted by Gasteiger charge is 2.21. The molecule has 19 heavy (non-hydrogen) atoms. The highest BCUT2D eigenvalue weighted by molar-refractivity contribution is 6.21. The number of hydrogen-bond acceptors (Lipinski definition) is 2. The molecule has 0 spiro atoms. The first-order valence-corrected chi connectivity index (χ1v) is 7.62. The van der Waals surface area contributed by atoms with Gasteiger partial charge < -0.3 is 9.47 Å². The number of fused-ring (bicyclic) bond motifs is 1. The van der Waals surface area contributed by atoms with E-state index < -0.39 is 0 Å². The minimum absolute atomic E-state index is 0.0459. The molecule has 2 atom stereocenters. The lowest BCUT2D eigenvalue weighted by atomic mass is 9.94. The molecular weight excluding hydrogens is 260 g/mol. The average molecular weight is 283 g/mol. The summed E-state index contributed by atoms with van der Waals surface area (Å²) in [5.74, 6) is 2.59. The molecule has 106 valence electrons. The summed E-state index contributed by atoms with van der Waals surface area (Å²) in [6.07, 6.45) is 2.19. The summed E-state index contributed by atoms with van der Waals surface area (Å²) in [5, 5.41) is 0.0459. The SMILES string of the molecule is CCC(CC)C(Cl)c1ccc2c(c1)OCC(C)CO2. The van der Waals surface area contributed by atoms with Crippen molar-refractivity contribution in [1.29, 1.82) is 0 Å². The Balaban J connectivity index is 2.21. The number of alkyl halides is 1. The van der Waals surface area contributed by atoms with Crippen molar-refractivity contribution < 1.29 is 9.47 Å². The smallest absolute Gasteiger partial charge is 0.161 e. The van der Waals surface area contributed by atoms with Crippen molar-refractivity contribution in [3.63, 3.8) is 0 Å². The van der Waals surface area contributed by atoms with E-state index in [2.05, 4.69) is 26.8 Å². The molecule has 0 aliphatic carbocycles. The summed E-state index contributed by atoms with van der Waals surface area (Å²) in [6, 6.07) is 6.10. The van der Waals surface area contributed by atoms with E-state index in [-0.39, 0.29) is 5.38 Å². The number of benzene rings is 1. The van der Waals surface area contributed by atoms with Crippen molar-refractivity contribution in [2.24, 2.45) is 11.8 Å². The van der Waals surface area contributed by atoms with Gasteiger partial charge in [-0.05, 0) is 23.6 Å². The van der Waals surface area contributed by atoms with Crippen LogP contribution in [-0.2, 0) is 0 Å². The third-order valence-corrected chi connectivity index (χ3v) is 4.40. The Morgan fingerprint density at radius 3 is 2.42 bits per heavy atom. The second-order valence-electron chi connectivity index (χ2n) is 5.41. The van der Waals surface area contributed by atoms with Crippen LogP contribution in [0, 0.1) is 11.8 Å². The third kappa shape index (κ3) is 3.36. The predicted octanol–water partition coefficient (Wildman–Crippen LogP) is 4.81. The number of rotatable bonds is 4. The molecule has 1 aromatic rings. The van der Waals surface area contributed by atoms with E-state index in [9.17, 15) is 0 Å². The van der Waals surface area contributed by atoms with Gasteiger partial charge in [0.2, 0.25) is 0 Å². The van der Waals surface area contributed by atoms with Crippen molar-refractivity contribution >= 4 is 11.6 Å². The van der Waals surface area contributed by atoms with E-state index >= 15 is 0 Å². The maximum atomic E-state index is 6.59. The van der Waals surface area contributed by atoms with Crippen molar-refractivity contribution in [2.45, 2.75) is 39.0 Å². The van der Waals surface area contributed by atoms with E-state index in [4.69, 9.17) is 21.1 Å². The van der Waals surface area contributed by atoms with Crippen LogP contribution in [0.4, 0.5) is 0 Å². The van der Waals surface area contributed by atoms with Gasteiger partial charge in [0, 0.05) is 5.92 Å². The summed E-state index contributed by atoms with van der Waals surface area (Å²) >= 11 is 6.59. The van der Waals surface area contributed by atoms with Gasteiger partial charge in [0.1, 0.15) is 0 Å². The first-order chi connectivity index (χ1) is 9.15. The molecule has 0 aromatic heterocycles. The summed E-state index contributed by atoms with van der Waals surface area (Å²) in [4.78, 5) is 0. The molecule has 2 nitrogen and oxygen atoms in total. The van der Waals surface area contributed by atoms with Gasteiger partial charge in [0.15, 0.2) is 11.5 Å². The minimum atomic E-state index is 0.0459. The zero-order valence-corrected chi connectivity index (χ0v) is 12.7. The molecular formula is C16H23ClO2. The van der Waals surface area contributed by atoms with Crippen molar-refractivity contribution in [3.8, 4) is 11.5 Å². The Bertz CT molecular complexity index is 415. The Labute approximate surface area is 121 Å². The highest BCUT2D eigenvalue weighted by atomic mass is 35.5. The van der Waals surface area contributed by atoms with Crippen molar-refractivity contribution in [2.75, 3.05) is 13.2 Å². The van der Waals surface area contributed by atoms with E-state index in [0.717, 1.165) is 29.9 Å². The number of ether oxygens (including phenoxy) is 2. The fraction of sp³-hybridized carbons (Fsp3) is 0.625. The molecule has 0 bridgehead atoms. The summed E-state index contributed by atoms with van der Waals surface area (Å²) in [7, 11) is 0. The zero-order valence-electron chi connectivity index (χ0n) is 12.0. The second-order valence-corrected chi connectivity index (χ2v) is 5.88. The lowest BCUT2D eigenvalue weighted by Crippen LogP contribution is -2.12. The maximum absolute atomic E-state index is 6.59. The standard InChI is InChI=1S/C16H23ClO2/c1-4-12(5-2)16(17)13-6-7-14-15(8-13)19-10-11(3)9-18-14/h6-8,11-12,16H,4-5,9-10H2,1-3H3. The van der Waals surface area contributed by atoms with Gasteiger partial charge >= 0.3 is 0 Å². The topological polar surface area (TPSA) is 18.5 Å². The lowest BCUT2D eigenvalue weighted by Gasteiger charge is -2.20. The van der Waals surface area contributed by atoms with Gasteiger partial charge in [-0.25, -0.2) is 0 Å². The first-order valence-electron chi connectivity index (χ1n) is 7.19. The van der Waals surface area contributed by atoms with Crippen LogP contribution in [0.5, 0.6) is 11.5 Å². The molecule has 0 amide bonds. The molecule has 0 saturated carbocycles. The molecule has 0 fully saturated rings. The van der Waals surface area contributed by atoms with Gasteiger partial charge in [-0.1, -0.05) is 39.7 Å². The Kier molecular flexibility index (Phi) is 4.98. The summed E-state index contributed by atoms with van der Waals surface area (Å²) in [6.45, 7) is 7.92. The van der Waals surface area contributed by atoms with Crippen LogP contribution < -0.4 is 9.47 Å². The monoisotopic (exact) mass is 282 g/mol. The van der Waals surface area contributed by atoms with Crippen LogP contribution in [0.3, 0.4) is 0 Å². The Morgan fingerprint density at radius 1 is 1.16 bits per heavy atom. The lowest BCUT2D eigenvalue weighted by molar-refractivity contribution is 0.228. The van der Waals surface area contributed by atoms with Crippen molar-refractivity contribution in [1.82, 2.24) is 0 Å². The normalized spacial score (nSPS) is 20.2. The molecule has 1 heterocycles. The van der Waals surface area contributed by atoms with Gasteiger partial charge in [-0.3, -0.25) is 0 Å². The Morgan fingerprint density at radius 2 is 1.79 bits per heavy atom. The van der Waals surface area contributed by atoms with Gasteiger partial charge in [0.25, 0.3) is 0 Å². The molecule has 0 N–H and O–H groups in total. The third-order valence-electron chi connectivity index (χ3n) is 3.80. The van der Waals surface area contributed by atoms with Crippen LogP contribution in [0.1, 0.15) is 44.6 Å². The minimum Gasteiger partial charge on any atom is -0.489 e. The molecule has 3 heteroatoms. The van der Waals surface area contributed by atoms with Crippen LogP contribution in [-0.4, -0.2) is 13.2 Å². The molecule has 1 aliphatic rings. The predicted molar refractivity (Wildman–Crippen MR) is 79.3 cm³/mol. The van der Waals surface area contributed by atoms with Crippen LogP contribution in [0.15, 0.2) is 18.2 Å². The summed E-state index contributed by atoms with van der Waals surface area (Å²) in [5.41, 5.74) is 1.13. The van der Waals surface area contributed by atoms with Gasteiger partial charge in [-0.15, -0.1) is 11.6 Å². The molecule has 2 rings (SSSR count). The highest BCUT2D eigenvalue weighted by Crippen LogP contribution is 2.38. The Hall–Kier alpha value is -0.890. The molecule has 1 aromatic carbocycles. The maximum Gasteiger partial charge on any atom is 0.161 e. The van der Waals surface area contributed by atoms with Crippen LogP contribution >= 0.6 is 11.6 Å². The van der Waals surface area contributed by atoms with E-state index in [1.54, 1.807) is 0 Å². The van der Waals surface area contributed by atoms with Crippen LogP contribution in [0.2, 0.25) is 0 Å². The van der Waals surface area contributed by atoms with Gasteiger partial charge in [-0.2, -0.15) is 0 Å². The molecule has 0 saturated heterocycles. The second kappa shape index (κ2) is 6.51. The largest absolute Gasteiger partial charge is 0.489 e. The number of halogens is 1. The number of hydrogen-bond donors (Lipinski definition) is 0. The van der Waals surface area contributed by atoms with E-state index in [1.165, 1.54) is 0 Å². The first kappa shape index (κ1) is 14.5. The molecule has 0 radical (unpaired) electrons. The van der Waals surface area contributed by atoms with E-state index in [0.29, 0.717) is 25.0 Å². The zero-order chi connectivity index (χ0) is 13.8. The van der Waals surface area contributed by atoms with Crippen molar-refractivity contribution in [3.05, 3.63) is 23.8 Å². The molecule has 2 unspecified atom stereocenters. The molecule has 1 aliphatic heterocycles. The summed E-state index contributed by atoms with van der Waals surface area (Å²) < 4.78 is 11.6. The van der Waals surface area contributed by atoms with Gasteiger partial charge in [0.05, 0.1) is 18.6 Å². The fourth-order valence-electron chi connectivity index (χ4n) is 2.42. The average Bonchev–Trinajstić information content (AvgIpc) is 2.62. The fourth-order valence-corrected chi connectivity index (χ4v) is 2.91.